The van der Waals surface area contributed by atoms with E-state index in [9.17, 15) is 5.11 Å². The molecule has 18 unspecified atom stereocenters. The van der Waals surface area contributed by atoms with Crippen molar-refractivity contribution >= 4 is 11.9 Å². The molecule has 7 aliphatic heterocycles. The van der Waals surface area contributed by atoms with Gasteiger partial charge < -0.3 is 25.2 Å². The monoisotopic (exact) mass is 1060 g/mol. The Kier molecular flexibility index (Phi) is 10.3. The number of ether oxygens (including phenoxy) is 2. The van der Waals surface area contributed by atoms with E-state index in [1.165, 1.54) is 140 Å². The molecule has 79 heavy (non-hydrogen) atoms. The van der Waals surface area contributed by atoms with Gasteiger partial charge in [-0.1, -0.05) is 99.3 Å². The Morgan fingerprint density at radius 2 is 1.67 bits per heavy atom. The van der Waals surface area contributed by atoms with Gasteiger partial charge in [-0.25, -0.2) is 4.79 Å². The number of rotatable bonds is 4. The zero-order valence-electron chi connectivity index (χ0n) is 47.6. The number of benzene rings is 1. The number of allylic oxidation sites excluding steroid dienone is 4. The van der Waals surface area contributed by atoms with Gasteiger partial charge in [0.15, 0.2) is 11.4 Å². The Labute approximate surface area is 470 Å². The molecule has 7 heterocycles. The van der Waals surface area contributed by atoms with Crippen LogP contribution in [0.2, 0.25) is 0 Å². The second-order valence-corrected chi connectivity index (χ2v) is 30.8. The number of carbonyl (C=O) groups is 2. The van der Waals surface area contributed by atoms with Gasteiger partial charge in [0.2, 0.25) is 0 Å². The molecule has 9 fully saturated rings. The first-order chi connectivity index (χ1) is 38.6. The van der Waals surface area contributed by atoms with Crippen LogP contribution in [0.25, 0.3) is 0 Å². The number of nitrogens with zero attached hydrogens (tertiary/aromatic N) is 2. The second kappa shape index (κ2) is 16.7. The Morgan fingerprint density at radius 1 is 0.810 bits per heavy atom. The van der Waals surface area contributed by atoms with Gasteiger partial charge in [-0.3, -0.25) is 9.69 Å². The van der Waals surface area contributed by atoms with Crippen molar-refractivity contribution in [2.45, 2.75) is 217 Å². The molecule has 8 nitrogen and oxygen atoms in total. The molecule has 0 aromatic heterocycles. The topological polar surface area (TPSA) is 105 Å². The first-order valence-electron chi connectivity index (χ1n) is 33.5. The van der Waals surface area contributed by atoms with E-state index >= 15 is 9.59 Å². The molecule has 10 aliphatic carbocycles. The lowest BCUT2D eigenvalue weighted by Gasteiger charge is -2.73. The van der Waals surface area contributed by atoms with Crippen LogP contribution in [0.1, 0.15) is 208 Å². The zero-order valence-corrected chi connectivity index (χ0v) is 47.6. The van der Waals surface area contributed by atoms with Gasteiger partial charge in [-0.15, -0.1) is 5.92 Å². The molecule has 8 heteroatoms. The molecule has 18 atom stereocenters. The van der Waals surface area contributed by atoms with Crippen LogP contribution in [0.15, 0.2) is 64.3 Å². The van der Waals surface area contributed by atoms with Crippen molar-refractivity contribution in [3.8, 4) is 11.8 Å². The minimum Gasteiger partial charge on any atom is -0.509 e. The van der Waals surface area contributed by atoms with Crippen LogP contribution in [0.5, 0.6) is 0 Å². The quantitative estimate of drug-likeness (QED) is 0.175. The molecule has 418 valence electrons. The Hall–Kier alpha value is -3.80. The fraction of sp³-hybridized carbons (Fsp3) is 0.746. The largest absolute Gasteiger partial charge is 0.509 e. The fourth-order valence-electron chi connectivity index (χ4n) is 26.8. The molecule has 1 aromatic rings. The Balaban J connectivity index is 0.912. The van der Waals surface area contributed by atoms with E-state index in [-0.39, 0.29) is 47.1 Å². The van der Waals surface area contributed by atoms with Gasteiger partial charge in [-0.05, 0) is 210 Å². The number of fused-ring (bicyclic) bond motifs is 8. The number of carbonyl (C=O) groups excluding carboxylic acids is 2. The number of piperidine rings is 2. The van der Waals surface area contributed by atoms with Crippen molar-refractivity contribution in [1.29, 1.82) is 0 Å². The van der Waals surface area contributed by atoms with Crippen molar-refractivity contribution in [1.82, 2.24) is 9.80 Å². The van der Waals surface area contributed by atoms with Crippen LogP contribution < -0.4 is 5.73 Å². The highest BCUT2D eigenvalue weighted by Crippen LogP contribution is 2.89. The number of nitrogens with two attached hydrogens (primary N) is 1. The van der Waals surface area contributed by atoms with E-state index in [1.54, 1.807) is 16.8 Å². The molecule has 17 aliphatic rings. The lowest BCUT2D eigenvalue weighted by Crippen LogP contribution is -2.78. The summed E-state index contributed by atoms with van der Waals surface area (Å²) in [7, 11) is 0. The molecular formula is C71H89N3O5. The number of hydrogen-bond acceptors (Lipinski definition) is 8. The summed E-state index contributed by atoms with van der Waals surface area (Å²) in [4.78, 5) is 38.5. The molecule has 0 radical (unpaired) electrons. The second-order valence-electron chi connectivity index (χ2n) is 30.8. The minimum absolute atomic E-state index is 0.0908. The van der Waals surface area contributed by atoms with Gasteiger partial charge in [0.25, 0.3) is 0 Å². The predicted octanol–water partition coefficient (Wildman–Crippen LogP) is 13.6. The number of aryl methyl sites for hydroxylation is 1. The van der Waals surface area contributed by atoms with E-state index in [0.717, 1.165) is 56.3 Å². The van der Waals surface area contributed by atoms with Crippen LogP contribution >= 0.6 is 0 Å². The van der Waals surface area contributed by atoms with Gasteiger partial charge in [0, 0.05) is 73.1 Å². The SMILES string of the molecule is CC1CC2=C3C4C5=C6C(C=CC(C7CCCCC7)CC7C68C(=O)OC(=C(O)CC6C9CC%10(CCCC%10)C%10(CCCC%10%11CCCC%11C#CCC%10C%11CC(CN%106)C(CC2)N3C%11)C9)C8(CC5)C72OC(=O)c3c(CCCN)cccc32)CC14. The summed E-state index contributed by atoms with van der Waals surface area (Å²) < 4.78 is 15.0. The van der Waals surface area contributed by atoms with E-state index < -0.39 is 16.4 Å². The van der Waals surface area contributed by atoms with Gasteiger partial charge in [0.1, 0.15) is 11.2 Å². The van der Waals surface area contributed by atoms with Crippen molar-refractivity contribution in [3.05, 3.63) is 81.0 Å². The van der Waals surface area contributed by atoms with Gasteiger partial charge in [0.05, 0.1) is 11.0 Å². The summed E-state index contributed by atoms with van der Waals surface area (Å²) in [6.45, 7) is 5.31. The minimum atomic E-state index is -1.16. The summed E-state index contributed by atoms with van der Waals surface area (Å²) in [6.07, 6.45) is 38.5. The highest BCUT2D eigenvalue weighted by atomic mass is 16.6. The maximum absolute atomic E-state index is 16.9. The fourth-order valence-corrected chi connectivity index (χ4v) is 26.8. The molecular weight excluding hydrogens is 975 g/mol. The summed E-state index contributed by atoms with van der Waals surface area (Å²) in [5.74, 6) is 12.7. The van der Waals surface area contributed by atoms with E-state index in [0.29, 0.717) is 107 Å². The number of aliphatic hydroxyl groups is 1. The van der Waals surface area contributed by atoms with Crippen LogP contribution in [0.4, 0.5) is 0 Å². The highest BCUT2D eigenvalue weighted by Gasteiger charge is 2.94. The average Bonchev–Trinajstić information content (AvgIpc) is 1.63. The first kappa shape index (κ1) is 48.7. The number of esters is 2. The van der Waals surface area contributed by atoms with Crippen molar-refractivity contribution < 1.29 is 24.2 Å². The average molecular weight is 1060 g/mol. The van der Waals surface area contributed by atoms with Crippen molar-refractivity contribution in [3.63, 3.8) is 0 Å². The highest BCUT2D eigenvalue weighted by molar-refractivity contribution is 6.00. The lowest BCUT2D eigenvalue weighted by molar-refractivity contribution is -0.282. The molecule has 3 N–H and O–H groups in total. The third-order valence-corrected chi connectivity index (χ3v) is 28.9. The third kappa shape index (κ3) is 5.67. The summed E-state index contributed by atoms with van der Waals surface area (Å²) in [6, 6.07) is 7.44. The summed E-state index contributed by atoms with van der Waals surface area (Å²) in [5, 5.41) is 14.3. The molecule has 6 saturated carbocycles. The number of aliphatic hydroxyl groups excluding tert-OH is 1. The summed E-state index contributed by atoms with van der Waals surface area (Å²) >= 11 is 0. The molecule has 18 rings (SSSR count). The molecule has 6 spiro atoms. The van der Waals surface area contributed by atoms with Crippen LogP contribution in [0.3, 0.4) is 0 Å². The van der Waals surface area contributed by atoms with Gasteiger partial charge in [-0.2, -0.15) is 0 Å². The molecule has 3 saturated heterocycles. The maximum Gasteiger partial charge on any atom is 0.339 e. The molecule has 0 amide bonds. The van der Waals surface area contributed by atoms with E-state index in [4.69, 9.17) is 15.2 Å². The standard InChI is InChI=1S/C71H89N3O5/c1-41-32-46-22-23-55-47-33-48-40-74(55)62(46)60-51-24-30-69-63(57(75)36-56-49-37-66(25-5-6-26-66)68(38-49)29-11-28-67(68)27-9-17-50(67)16-8-19-54(48)73(56)39-47)78-65(77)70(69)58(71(69)53-18-7-14-43(15-10-31-72)59(53)64(76)79-71)35-44(42-12-3-2-4-13-42)20-21-45(61(51)70)34-52(41)60/h7,14,18,20-21,41-42,44-45,47-50,52,54-56,58,60,75H,2-6,9-13,15,17,19,22-40,72H2,1H3. The van der Waals surface area contributed by atoms with E-state index in [1.807, 2.05) is 0 Å². The number of hydrogen-bond donors (Lipinski definition) is 2. The Morgan fingerprint density at radius 3 is 2.54 bits per heavy atom. The Bertz CT molecular complexity index is 3050. The molecule has 10 bridgehead atoms. The predicted molar refractivity (Wildman–Crippen MR) is 303 cm³/mol. The summed E-state index contributed by atoms with van der Waals surface area (Å²) in [5.41, 5.74) is 12.8. The lowest BCUT2D eigenvalue weighted by atomic mass is 9.27. The van der Waals surface area contributed by atoms with E-state index in [2.05, 4.69) is 58.9 Å². The zero-order chi connectivity index (χ0) is 52.6. The van der Waals surface area contributed by atoms with Crippen LogP contribution in [-0.2, 0) is 26.3 Å². The smallest absolute Gasteiger partial charge is 0.339 e. The first-order valence-corrected chi connectivity index (χ1v) is 33.5. The van der Waals surface area contributed by atoms with Crippen LogP contribution in [-0.4, -0.2) is 64.6 Å². The van der Waals surface area contributed by atoms with Crippen LogP contribution in [0, 0.1) is 104 Å². The normalized spacial score (nSPS) is 48.0. The maximum atomic E-state index is 16.9. The molecule has 1 aromatic carbocycles. The van der Waals surface area contributed by atoms with Crippen molar-refractivity contribution in [2.24, 2.45) is 97.9 Å². The third-order valence-electron chi connectivity index (χ3n) is 28.9. The van der Waals surface area contributed by atoms with Gasteiger partial charge >= 0.3 is 11.9 Å². The van der Waals surface area contributed by atoms with Crippen molar-refractivity contribution in [2.75, 3.05) is 19.6 Å².